The summed E-state index contributed by atoms with van der Waals surface area (Å²) in [6, 6.07) is 6.65. The monoisotopic (exact) mass is 359 g/mol. The van der Waals surface area contributed by atoms with Gasteiger partial charge in [-0.15, -0.1) is 11.3 Å². The molecule has 0 unspecified atom stereocenters. The van der Waals surface area contributed by atoms with Crippen LogP contribution in [0.25, 0.3) is 11.0 Å². The molecule has 0 saturated carbocycles. The number of fused-ring (bicyclic) bond motifs is 1. The van der Waals surface area contributed by atoms with Crippen LogP contribution < -0.4 is 21.4 Å². The van der Waals surface area contributed by atoms with Crippen LogP contribution in [0.1, 0.15) is 29.9 Å². The zero-order chi connectivity index (χ0) is 18.0. The van der Waals surface area contributed by atoms with Crippen LogP contribution in [-0.2, 0) is 6.54 Å². The van der Waals surface area contributed by atoms with Crippen LogP contribution in [0.3, 0.4) is 0 Å². The van der Waals surface area contributed by atoms with Crippen LogP contribution in [0.15, 0.2) is 38.9 Å². The quantitative estimate of drug-likeness (QED) is 0.678. The van der Waals surface area contributed by atoms with E-state index >= 15 is 0 Å². The van der Waals surface area contributed by atoms with Crippen LogP contribution >= 0.6 is 11.3 Å². The van der Waals surface area contributed by atoms with Gasteiger partial charge in [-0.3, -0.25) is 4.79 Å². The molecule has 0 aliphatic rings. The second kappa shape index (κ2) is 6.94. The number of ether oxygens (including phenoxy) is 1. The van der Waals surface area contributed by atoms with Crippen molar-refractivity contribution in [2.24, 2.45) is 0 Å². The van der Waals surface area contributed by atoms with Crippen LogP contribution in [0.5, 0.6) is 5.75 Å². The molecule has 0 radical (unpaired) electrons. The van der Waals surface area contributed by atoms with Crippen LogP contribution in [0, 0.1) is 0 Å². The lowest BCUT2D eigenvalue weighted by Gasteiger charge is -2.10. The Morgan fingerprint density at radius 3 is 2.88 bits per heavy atom. The van der Waals surface area contributed by atoms with Gasteiger partial charge in [0.2, 0.25) is 0 Å². The molecule has 3 N–H and O–H groups in total. The fraction of sp³-hybridized carbons (Fsp3) is 0.235. The molecule has 8 heteroatoms. The van der Waals surface area contributed by atoms with Crippen molar-refractivity contribution in [3.8, 4) is 5.75 Å². The van der Waals surface area contributed by atoms with Crippen LogP contribution in [0.4, 0.5) is 5.13 Å². The van der Waals surface area contributed by atoms with Gasteiger partial charge < -0.3 is 20.2 Å². The first kappa shape index (κ1) is 17.0. The predicted molar refractivity (Wildman–Crippen MR) is 95.9 cm³/mol. The Hall–Kier alpha value is -2.87. The fourth-order valence-corrected chi connectivity index (χ4v) is 2.83. The number of nitrogens with one attached hydrogen (secondary N) is 1. The van der Waals surface area contributed by atoms with E-state index in [0.29, 0.717) is 27.5 Å². The molecule has 0 aliphatic carbocycles. The maximum absolute atomic E-state index is 12.3. The highest BCUT2D eigenvalue weighted by Gasteiger charge is 2.14. The summed E-state index contributed by atoms with van der Waals surface area (Å²) in [7, 11) is 0. The van der Waals surface area contributed by atoms with Gasteiger partial charge in [0.1, 0.15) is 16.9 Å². The van der Waals surface area contributed by atoms with Gasteiger partial charge in [-0.2, -0.15) is 0 Å². The number of nitrogen functional groups attached to an aromatic ring is 1. The number of amides is 1. The van der Waals surface area contributed by atoms with Gasteiger partial charge in [0.05, 0.1) is 18.3 Å². The average molecular weight is 359 g/mol. The van der Waals surface area contributed by atoms with Gasteiger partial charge in [0.25, 0.3) is 5.91 Å². The summed E-state index contributed by atoms with van der Waals surface area (Å²) in [5.74, 6) is 0.0775. The number of hydrogen-bond donors (Lipinski definition) is 2. The molecule has 0 fully saturated rings. The van der Waals surface area contributed by atoms with Crippen LogP contribution in [0.2, 0.25) is 0 Å². The summed E-state index contributed by atoms with van der Waals surface area (Å²) in [6.07, 6.45) is 0.00831. The normalized spacial score (nSPS) is 11.0. The standard InChI is InChI=1S/C17H17N3O4S/c1-9(2)23-12-4-3-10-5-13(16(22)24-14(10)6-12)15(21)19-7-11-8-25-17(18)20-11/h3-6,8-9H,7H2,1-2H3,(H2,18,20)(H,19,21). The number of carbonyl (C=O) groups is 1. The van der Waals surface area contributed by atoms with Gasteiger partial charge in [-0.1, -0.05) is 0 Å². The molecule has 2 aromatic heterocycles. The minimum absolute atomic E-state index is 0.00831. The summed E-state index contributed by atoms with van der Waals surface area (Å²) in [6.45, 7) is 4.00. The molecular weight excluding hydrogens is 342 g/mol. The third-order valence-corrected chi connectivity index (χ3v) is 4.05. The van der Waals surface area contributed by atoms with Crippen LogP contribution in [-0.4, -0.2) is 17.0 Å². The van der Waals surface area contributed by atoms with E-state index in [-0.39, 0.29) is 18.2 Å². The van der Waals surface area contributed by atoms with E-state index in [2.05, 4.69) is 10.3 Å². The molecular formula is C17H17N3O4S. The van der Waals surface area contributed by atoms with Gasteiger partial charge in [0, 0.05) is 16.8 Å². The van der Waals surface area contributed by atoms with Crippen molar-refractivity contribution in [3.05, 3.63) is 51.3 Å². The Labute approximate surface area is 147 Å². The number of hydrogen-bond acceptors (Lipinski definition) is 7. The number of aromatic nitrogens is 1. The topological polar surface area (TPSA) is 107 Å². The minimum Gasteiger partial charge on any atom is -0.491 e. The van der Waals surface area contributed by atoms with Gasteiger partial charge in [-0.05, 0) is 32.0 Å². The molecule has 0 bridgehead atoms. The molecule has 3 aromatic rings. The maximum atomic E-state index is 12.3. The summed E-state index contributed by atoms with van der Waals surface area (Å²) in [4.78, 5) is 28.4. The summed E-state index contributed by atoms with van der Waals surface area (Å²) >= 11 is 1.29. The third-order valence-electron chi connectivity index (χ3n) is 3.32. The minimum atomic E-state index is -0.704. The van der Waals surface area contributed by atoms with E-state index < -0.39 is 11.5 Å². The van der Waals surface area contributed by atoms with E-state index in [1.807, 2.05) is 13.8 Å². The number of thiazole rings is 1. The number of carbonyl (C=O) groups excluding carboxylic acids is 1. The Bertz CT molecular complexity index is 977. The van der Waals surface area contributed by atoms with E-state index in [1.165, 1.54) is 17.4 Å². The Kier molecular flexibility index (Phi) is 4.71. The molecule has 0 atom stereocenters. The molecule has 3 rings (SSSR count). The van der Waals surface area contributed by atoms with Crippen molar-refractivity contribution in [2.75, 3.05) is 5.73 Å². The molecule has 1 aromatic carbocycles. The second-order valence-corrected chi connectivity index (χ2v) is 6.56. The Morgan fingerprint density at radius 1 is 1.40 bits per heavy atom. The SMILES string of the molecule is CC(C)Oc1ccc2cc(C(=O)NCc3csc(N)n3)c(=O)oc2c1. The lowest BCUT2D eigenvalue weighted by molar-refractivity contribution is 0.0947. The van der Waals surface area contributed by atoms with Crippen molar-refractivity contribution < 1.29 is 13.9 Å². The highest BCUT2D eigenvalue weighted by atomic mass is 32.1. The number of benzene rings is 1. The number of rotatable bonds is 5. The van der Waals surface area contributed by atoms with Gasteiger partial charge >= 0.3 is 5.63 Å². The number of nitrogens with zero attached hydrogens (tertiary/aromatic N) is 1. The van der Waals surface area contributed by atoms with E-state index in [1.54, 1.807) is 23.6 Å². The van der Waals surface area contributed by atoms with Crippen molar-refractivity contribution >= 4 is 33.3 Å². The van der Waals surface area contributed by atoms with Gasteiger partial charge in [-0.25, -0.2) is 9.78 Å². The van der Waals surface area contributed by atoms with Crippen molar-refractivity contribution in [2.45, 2.75) is 26.5 Å². The lowest BCUT2D eigenvalue weighted by atomic mass is 10.1. The van der Waals surface area contributed by atoms with E-state index in [4.69, 9.17) is 14.9 Å². The van der Waals surface area contributed by atoms with Crippen molar-refractivity contribution in [1.29, 1.82) is 0 Å². The van der Waals surface area contributed by atoms with E-state index in [9.17, 15) is 9.59 Å². The first-order valence-electron chi connectivity index (χ1n) is 7.65. The van der Waals surface area contributed by atoms with Crippen molar-refractivity contribution in [3.63, 3.8) is 0 Å². The highest BCUT2D eigenvalue weighted by molar-refractivity contribution is 7.13. The number of anilines is 1. The van der Waals surface area contributed by atoms with Gasteiger partial charge in [0.15, 0.2) is 5.13 Å². The van der Waals surface area contributed by atoms with Crippen molar-refractivity contribution in [1.82, 2.24) is 10.3 Å². The summed E-state index contributed by atoms with van der Waals surface area (Å²) in [5, 5.41) is 5.44. The Balaban J connectivity index is 1.82. The predicted octanol–water partition coefficient (Wildman–Crippen LogP) is 2.55. The highest BCUT2D eigenvalue weighted by Crippen LogP contribution is 2.21. The zero-order valence-corrected chi connectivity index (χ0v) is 14.6. The average Bonchev–Trinajstić information content (AvgIpc) is 2.97. The molecule has 0 saturated heterocycles. The second-order valence-electron chi connectivity index (χ2n) is 5.67. The first-order chi connectivity index (χ1) is 11.9. The fourth-order valence-electron chi connectivity index (χ4n) is 2.27. The molecule has 1 amide bonds. The third kappa shape index (κ3) is 3.97. The maximum Gasteiger partial charge on any atom is 0.349 e. The Morgan fingerprint density at radius 2 is 2.20 bits per heavy atom. The molecule has 7 nitrogen and oxygen atoms in total. The van der Waals surface area contributed by atoms with E-state index in [0.717, 1.165) is 0 Å². The largest absolute Gasteiger partial charge is 0.491 e. The lowest BCUT2D eigenvalue weighted by Crippen LogP contribution is -2.28. The number of nitrogens with two attached hydrogens (primary N) is 1. The smallest absolute Gasteiger partial charge is 0.349 e. The molecule has 0 spiro atoms. The molecule has 2 heterocycles. The summed E-state index contributed by atoms with van der Waals surface area (Å²) in [5.41, 5.74) is 5.78. The molecule has 25 heavy (non-hydrogen) atoms. The zero-order valence-electron chi connectivity index (χ0n) is 13.7. The molecule has 0 aliphatic heterocycles. The summed E-state index contributed by atoms with van der Waals surface area (Å²) < 4.78 is 10.8. The molecule has 130 valence electrons. The first-order valence-corrected chi connectivity index (χ1v) is 8.53.